The summed E-state index contributed by atoms with van der Waals surface area (Å²) >= 11 is 3.38. The molecule has 1 aromatic rings. The first kappa shape index (κ1) is 15.0. The maximum Gasteiger partial charge on any atom is 0.328 e. The number of benzene rings is 1. The summed E-state index contributed by atoms with van der Waals surface area (Å²) in [5.74, 6) is -0.229. The molecule has 0 fully saturated rings. The van der Waals surface area contributed by atoms with Crippen molar-refractivity contribution in [1.29, 1.82) is 0 Å². The lowest BCUT2D eigenvalue weighted by atomic mass is 9.88. The van der Waals surface area contributed by atoms with Crippen LogP contribution in [0.25, 0.3) is 0 Å². The molecule has 0 saturated carbocycles. The molecule has 0 radical (unpaired) electrons. The summed E-state index contributed by atoms with van der Waals surface area (Å²) in [5, 5.41) is 3.22. The molecule has 0 saturated heterocycles. The number of halogens is 1. The lowest BCUT2D eigenvalue weighted by Crippen LogP contribution is -2.34. The number of nitrogens with one attached hydrogen (secondary N) is 1. The lowest BCUT2D eigenvalue weighted by molar-refractivity contribution is -0.142. The first-order valence-corrected chi connectivity index (χ1v) is 6.71. The van der Waals surface area contributed by atoms with Crippen molar-refractivity contribution >= 4 is 27.6 Å². The standard InChI is InChI=1S/C14H20BrNO2/c1-14(2,3)9-12(13(17)18-4)16-11-7-5-10(15)6-8-11/h5-8,12,16H,9H2,1-4H3. The van der Waals surface area contributed by atoms with Crippen molar-refractivity contribution in [3.63, 3.8) is 0 Å². The van der Waals surface area contributed by atoms with Gasteiger partial charge in [0.25, 0.3) is 0 Å². The van der Waals surface area contributed by atoms with Crippen molar-refractivity contribution in [2.45, 2.75) is 33.2 Å². The molecule has 1 aromatic carbocycles. The lowest BCUT2D eigenvalue weighted by Gasteiger charge is -2.25. The Balaban J connectivity index is 2.78. The van der Waals surface area contributed by atoms with Gasteiger partial charge in [-0.1, -0.05) is 36.7 Å². The predicted octanol–water partition coefficient (Wildman–Crippen LogP) is 3.84. The van der Waals surface area contributed by atoms with E-state index in [1.54, 1.807) is 0 Å². The van der Waals surface area contributed by atoms with Gasteiger partial charge in [0.1, 0.15) is 6.04 Å². The highest BCUT2D eigenvalue weighted by Gasteiger charge is 2.25. The normalized spacial score (nSPS) is 12.9. The van der Waals surface area contributed by atoms with Crippen LogP contribution < -0.4 is 5.32 Å². The van der Waals surface area contributed by atoms with Crippen LogP contribution in [0.4, 0.5) is 5.69 Å². The van der Waals surface area contributed by atoms with Gasteiger partial charge in [0.2, 0.25) is 0 Å². The van der Waals surface area contributed by atoms with E-state index in [0.717, 1.165) is 16.6 Å². The Morgan fingerprint density at radius 3 is 2.33 bits per heavy atom. The minimum absolute atomic E-state index is 0.0568. The van der Waals surface area contributed by atoms with E-state index in [9.17, 15) is 4.79 Å². The summed E-state index contributed by atoms with van der Waals surface area (Å²) in [5.41, 5.74) is 0.971. The Hall–Kier alpha value is -1.03. The highest BCUT2D eigenvalue weighted by molar-refractivity contribution is 9.10. The van der Waals surface area contributed by atoms with E-state index >= 15 is 0 Å². The number of carbonyl (C=O) groups excluding carboxylic acids is 1. The third kappa shape index (κ3) is 5.08. The molecule has 18 heavy (non-hydrogen) atoms. The second kappa shape index (κ2) is 6.23. The molecule has 0 aliphatic heterocycles. The van der Waals surface area contributed by atoms with Gasteiger partial charge in [-0.2, -0.15) is 0 Å². The van der Waals surface area contributed by atoms with Crippen molar-refractivity contribution < 1.29 is 9.53 Å². The molecule has 0 heterocycles. The number of esters is 1. The second-order valence-electron chi connectivity index (χ2n) is 5.49. The summed E-state index contributed by atoms with van der Waals surface area (Å²) in [7, 11) is 1.42. The van der Waals surface area contributed by atoms with Crippen LogP contribution in [-0.2, 0) is 9.53 Å². The number of hydrogen-bond donors (Lipinski definition) is 1. The number of anilines is 1. The van der Waals surface area contributed by atoms with Gasteiger partial charge in [0.15, 0.2) is 0 Å². The van der Waals surface area contributed by atoms with Gasteiger partial charge < -0.3 is 10.1 Å². The van der Waals surface area contributed by atoms with E-state index in [4.69, 9.17) is 4.74 Å². The average molecular weight is 314 g/mol. The van der Waals surface area contributed by atoms with Crippen LogP contribution in [0.1, 0.15) is 27.2 Å². The van der Waals surface area contributed by atoms with Crippen LogP contribution >= 0.6 is 15.9 Å². The first-order valence-electron chi connectivity index (χ1n) is 5.92. The van der Waals surface area contributed by atoms with Crippen molar-refractivity contribution in [3.05, 3.63) is 28.7 Å². The van der Waals surface area contributed by atoms with Crippen LogP contribution in [0, 0.1) is 5.41 Å². The third-order valence-corrected chi connectivity index (χ3v) is 3.02. The van der Waals surface area contributed by atoms with E-state index in [1.165, 1.54) is 7.11 Å². The number of hydrogen-bond acceptors (Lipinski definition) is 3. The fourth-order valence-electron chi connectivity index (χ4n) is 1.70. The molecule has 0 aliphatic rings. The Morgan fingerprint density at radius 1 is 1.33 bits per heavy atom. The molecule has 1 N–H and O–H groups in total. The molecule has 0 amide bonds. The summed E-state index contributed by atoms with van der Waals surface area (Å²) in [6.07, 6.45) is 0.718. The van der Waals surface area contributed by atoms with E-state index in [1.807, 2.05) is 24.3 Å². The summed E-state index contributed by atoms with van der Waals surface area (Å²) in [6, 6.07) is 7.42. The average Bonchev–Trinajstić information content (AvgIpc) is 2.28. The molecular formula is C14H20BrNO2. The quantitative estimate of drug-likeness (QED) is 0.858. The van der Waals surface area contributed by atoms with Gasteiger partial charge in [-0.05, 0) is 36.1 Å². The molecule has 1 rings (SSSR count). The van der Waals surface area contributed by atoms with Gasteiger partial charge >= 0.3 is 5.97 Å². The second-order valence-corrected chi connectivity index (χ2v) is 6.41. The van der Waals surface area contributed by atoms with E-state index in [2.05, 4.69) is 42.0 Å². The summed E-state index contributed by atoms with van der Waals surface area (Å²) in [6.45, 7) is 6.31. The zero-order chi connectivity index (χ0) is 13.8. The fraction of sp³-hybridized carbons (Fsp3) is 0.500. The maximum absolute atomic E-state index is 11.8. The van der Waals surface area contributed by atoms with Crippen molar-refractivity contribution in [2.24, 2.45) is 5.41 Å². The Labute approximate surface area is 117 Å². The largest absolute Gasteiger partial charge is 0.467 e. The topological polar surface area (TPSA) is 38.3 Å². The van der Waals surface area contributed by atoms with E-state index in [0.29, 0.717) is 0 Å². The first-order chi connectivity index (χ1) is 8.31. The Kier molecular flexibility index (Phi) is 5.20. The summed E-state index contributed by atoms with van der Waals surface area (Å²) < 4.78 is 5.86. The van der Waals surface area contributed by atoms with E-state index in [-0.39, 0.29) is 17.4 Å². The van der Waals surface area contributed by atoms with Crippen molar-refractivity contribution in [2.75, 3.05) is 12.4 Å². The highest BCUT2D eigenvalue weighted by atomic mass is 79.9. The Bertz CT molecular complexity index is 395. The molecule has 1 unspecified atom stereocenters. The van der Waals surface area contributed by atoms with Crippen molar-refractivity contribution in [1.82, 2.24) is 0 Å². The molecule has 0 aromatic heterocycles. The van der Waals surface area contributed by atoms with Crippen LogP contribution in [0.3, 0.4) is 0 Å². The van der Waals surface area contributed by atoms with Gasteiger partial charge in [-0.15, -0.1) is 0 Å². The van der Waals surface area contributed by atoms with Crippen LogP contribution in [0.15, 0.2) is 28.7 Å². The molecule has 100 valence electrons. The highest BCUT2D eigenvalue weighted by Crippen LogP contribution is 2.24. The minimum atomic E-state index is -0.323. The minimum Gasteiger partial charge on any atom is -0.467 e. The summed E-state index contributed by atoms with van der Waals surface area (Å²) in [4.78, 5) is 11.8. The van der Waals surface area contributed by atoms with Crippen LogP contribution in [0.5, 0.6) is 0 Å². The fourth-order valence-corrected chi connectivity index (χ4v) is 1.96. The maximum atomic E-state index is 11.8. The smallest absolute Gasteiger partial charge is 0.328 e. The van der Waals surface area contributed by atoms with Crippen molar-refractivity contribution in [3.8, 4) is 0 Å². The van der Waals surface area contributed by atoms with Crippen LogP contribution in [0.2, 0.25) is 0 Å². The van der Waals surface area contributed by atoms with Gasteiger partial charge in [-0.25, -0.2) is 4.79 Å². The molecule has 3 nitrogen and oxygen atoms in total. The van der Waals surface area contributed by atoms with Gasteiger partial charge in [0.05, 0.1) is 7.11 Å². The number of rotatable bonds is 4. The Morgan fingerprint density at radius 2 is 1.89 bits per heavy atom. The molecular weight excluding hydrogens is 294 g/mol. The van der Waals surface area contributed by atoms with Gasteiger partial charge in [0, 0.05) is 10.2 Å². The molecule has 0 aliphatic carbocycles. The molecule has 4 heteroatoms. The zero-order valence-electron chi connectivity index (χ0n) is 11.3. The third-order valence-electron chi connectivity index (χ3n) is 2.49. The van der Waals surface area contributed by atoms with Crippen LogP contribution in [-0.4, -0.2) is 19.1 Å². The molecule has 0 bridgehead atoms. The molecule has 1 atom stereocenters. The number of ether oxygens (including phenoxy) is 1. The van der Waals surface area contributed by atoms with Gasteiger partial charge in [-0.3, -0.25) is 0 Å². The number of carbonyl (C=O) groups is 1. The zero-order valence-corrected chi connectivity index (χ0v) is 12.9. The number of methoxy groups -OCH3 is 1. The monoisotopic (exact) mass is 313 g/mol. The SMILES string of the molecule is COC(=O)C(CC(C)(C)C)Nc1ccc(Br)cc1. The van der Waals surface area contributed by atoms with E-state index < -0.39 is 0 Å². The molecule has 0 spiro atoms. The predicted molar refractivity (Wildman–Crippen MR) is 77.6 cm³/mol.